The fourth-order valence-electron chi connectivity index (χ4n) is 0.337. The van der Waals surface area contributed by atoms with Gasteiger partial charge in [-0.25, -0.2) is 0 Å². The molecule has 7 heavy (non-hydrogen) atoms. The van der Waals surface area contributed by atoms with Crippen LogP contribution in [-0.4, -0.2) is 9.78 Å². The Kier molecular flexibility index (Phi) is 1.63. The van der Waals surface area contributed by atoms with E-state index in [0.29, 0.717) is 6.10 Å². The number of ether oxygens (including phenoxy) is 1. The molecule has 0 bridgehead atoms. The van der Waals surface area contributed by atoms with Crippen LogP contribution >= 0.6 is 0 Å². The van der Waals surface area contributed by atoms with E-state index in [1.807, 2.05) is 0 Å². The normalized spacial score (nSPS) is 18.7. The second-order valence-corrected chi connectivity index (χ2v) is 2.61. The van der Waals surface area contributed by atoms with Gasteiger partial charge in [-0.2, -0.15) is 0 Å². The summed E-state index contributed by atoms with van der Waals surface area (Å²) >= 11 is 0.861. The van der Waals surface area contributed by atoms with E-state index in [1.54, 1.807) is 0 Å². The third-order valence-corrected chi connectivity index (χ3v) is 1.09. The average molecular weight is 176 g/mol. The fraction of sp³-hybridized carbons (Fsp3) is 0.750. The second kappa shape index (κ2) is 2.08. The quantitative estimate of drug-likeness (QED) is 0.591. The minimum atomic E-state index is -0.0605. The summed E-state index contributed by atoms with van der Waals surface area (Å²) in [7, 11) is 0. The summed E-state index contributed by atoms with van der Waals surface area (Å²) in [6.45, 7) is 0. The van der Waals surface area contributed by atoms with Crippen LogP contribution in [0.2, 0.25) is 0 Å². The average Bonchev–Trinajstić information content (AvgIpc) is 2.17. The molecular formula is C4H5O2Zr. The molecule has 0 N–H and O–H groups in total. The van der Waals surface area contributed by atoms with Crippen molar-refractivity contribution in [3.05, 3.63) is 0 Å². The van der Waals surface area contributed by atoms with Crippen molar-refractivity contribution in [2.45, 2.75) is 18.9 Å². The van der Waals surface area contributed by atoms with Gasteiger partial charge in [-0.15, -0.1) is 0 Å². The van der Waals surface area contributed by atoms with Gasteiger partial charge in [0.1, 0.15) is 0 Å². The number of hydrogen-bond acceptors (Lipinski definition) is 2. The van der Waals surface area contributed by atoms with Crippen molar-refractivity contribution >= 4 is 3.68 Å². The molecule has 37 valence electrons. The van der Waals surface area contributed by atoms with E-state index in [1.165, 1.54) is 0 Å². The van der Waals surface area contributed by atoms with Gasteiger partial charge in [0.2, 0.25) is 0 Å². The van der Waals surface area contributed by atoms with Crippen LogP contribution in [0.5, 0.6) is 0 Å². The van der Waals surface area contributed by atoms with Crippen molar-refractivity contribution in [1.29, 1.82) is 0 Å². The summed E-state index contributed by atoms with van der Waals surface area (Å²) in [6, 6.07) is 0. The zero-order valence-corrected chi connectivity index (χ0v) is 6.27. The Morgan fingerprint density at radius 2 is 2.29 bits per heavy atom. The van der Waals surface area contributed by atoms with E-state index in [4.69, 9.17) is 4.74 Å². The van der Waals surface area contributed by atoms with Crippen LogP contribution < -0.4 is 0 Å². The van der Waals surface area contributed by atoms with Crippen molar-refractivity contribution in [3.63, 3.8) is 0 Å². The van der Waals surface area contributed by atoms with Crippen LogP contribution in [0.3, 0.4) is 0 Å². The Morgan fingerprint density at radius 1 is 1.71 bits per heavy atom. The van der Waals surface area contributed by atoms with Crippen molar-refractivity contribution < 1.29 is 34.3 Å². The third-order valence-electron chi connectivity index (χ3n) is 0.798. The van der Waals surface area contributed by atoms with Crippen molar-refractivity contribution in [3.8, 4) is 0 Å². The molecule has 0 aliphatic heterocycles. The van der Waals surface area contributed by atoms with Gasteiger partial charge in [0.15, 0.2) is 0 Å². The van der Waals surface area contributed by atoms with Crippen LogP contribution in [0.15, 0.2) is 0 Å². The molecule has 1 rings (SSSR count). The Bertz CT molecular complexity index is 87.7. The fourth-order valence-corrected chi connectivity index (χ4v) is 0.747. The van der Waals surface area contributed by atoms with Gasteiger partial charge in [0.05, 0.1) is 0 Å². The summed E-state index contributed by atoms with van der Waals surface area (Å²) < 4.78 is 4.70. The molecule has 1 aliphatic rings. The van der Waals surface area contributed by atoms with Gasteiger partial charge in [0.25, 0.3) is 0 Å². The van der Waals surface area contributed by atoms with Gasteiger partial charge in [-0.05, 0) is 0 Å². The molecule has 0 aromatic carbocycles. The Morgan fingerprint density at radius 3 is 2.43 bits per heavy atom. The zero-order valence-electron chi connectivity index (χ0n) is 3.81. The number of carbonyl (C=O) groups is 1. The van der Waals surface area contributed by atoms with E-state index in [0.717, 1.165) is 37.6 Å². The summed E-state index contributed by atoms with van der Waals surface area (Å²) in [6.07, 6.45) is 2.46. The maximum atomic E-state index is 10.1. The van der Waals surface area contributed by atoms with E-state index in [2.05, 4.69) is 0 Å². The first-order chi connectivity index (χ1) is 3.29. The van der Waals surface area contributed by atoms with Crippen LogP contribution in [-0.2, 0) is 29.5 Å². The monoisotopic (exact) mass is 175 g/mol. The molecule has 0 unspecified atom stereocenters. The summed E-state index contributed by atoms with van der Waals surface area (Å²) in [5.74, 6) is 0. The summed E-state index contributed by atoms with van der Waals surface area (Å²) in [5.41, 5.74) is 0. The maximum absolute atomic E-state index is 10.1. The molecule has 0 saturated heterocycles. The predicted molar refractivity (Wildman–Crippen MR) is 19.5 cm³/mol. The third kappa shape index (κ3) is 2.23. The molecule has 0 atom stereocenters. The first-order valence-electron chi connectivity index (χ1n) is 2.21. The number of carbonyl (C=O) groups excluding carboxylic acids is 1. The SMILES string of the molecule is O=[C]([Zr])OC1CC1. The molecule has 1 aliphatic carbocycles. The van der Waals surface area contributed by atoms with E-state index >= 15 is 0 Å². The molecule has 0 aromatic rings. The van der Waals surface area contributed by atoms with Gasteiger partial charge >= 0.3 is 56.9 Å². The molecular weight excluding hydrogens is 171 g/mol. The van der Waals surface area contributed by atoms with Crippen molar-refractivity contribution in [1.82, 2.24) is 0 Å². The summed E-state index contributed by atoms with van der Waals surface area (Å²) in [5, 5.41) is 0. The molecule has 0 heterocycles. The number of hydrogen-bond donors (Lipinski definition) is 0. The number of rotatable bonds is 1. The van der Waals surface area contributed by atoms with Crippen molar-refractivity contribution in [2.75, 3.05) is 0 Å². The van der Waals surface area contributed by atoms with Crippen LogP contribution in [0.1, 0.15) is 12.8 Å². The molecule has 3 heteroatoms. The molecule has 0 amide bonds. The van der Waals surface area contributed by atoms with Gasteiger partial charge in [-0.3, -0.25) is 0 Å². The Balaban J connectivity index is 2.08. The molecule has 0 radical (unpaired) electrons. The van der Waals surface area contributed by atoms with Crippen molar-refractivity contribution in [2.24, 2.45) is 0 Å². The first-order valence-corrected chi connectivity index (χ1v) is 3.44. The predicted octanol–water partition coefficient (Wildman–Crippen LogP) is 0.832. The Hall–Kier alpha value is 0.353. The zero-order chi connectivity index (χ0) is 5.28. The summed E-state index contributed by atoms with van der Waals surface area (Å²) in [4.78, 5) is 10.1. The van der Waals surface area contributed by atoms with Crippen LogP contribution in [0.4, 0.5) is 4.79 Å². The Labute approximate surface area is 57.1 Å². The van der Waals surface area contributed by atoms with Gasteiger partial charge in [-0.1, -0.05) is 0 Å². The van der Waals surface area contributed by atoms with E-state index < -0.39 is 0 Å². The van der Waals surface area contributed by atoms with Crippen LogP contribution in [0.25, 0.3) is 0 Å². The second-order valence-electron chi connectivity index (χ2n) is 1.60. The molecule has 2 nitrogen and oxygen atoms in total. The van der Waals surface area contributed by atoms with E-state index in [-0.39, 0.29) is 3.68 Å². The minimum absolute atomic E-state index is 0.0605. The molecule has 0 aromatic heterocycles. The van der Waals surface area contributed by atoms with Crippen LogP contribution in [0, 0.1) is 0 Å². The van der Waals surface area contributed by atoms with E-state index in [9.17, 15) is 4.79 Å². The standard InChI is InChI=1S/C4H5O2.Zr/c5-3-6-4-1-2-4;/h4H,1-2H2;. The molecule has 1 saturated carbocycles. The topological polar surface area (TPSA) is 26.3 Å². The first kappa shape index (κ1) is 5.49. The molecule has 1 fully saturated rings. The molecule has 0 spiro atoms. The van der Waals surface area contributed by atoms with Gasteiger partial charge < -0.3 is 0 Å². The van der Waals surface area contributed by atoms with Gasteiger partial charge in [0, 0.05) is 0 Å².